The average Bonchev–Trinajstić information content (AvgIpc) is 3.13. The predicted molar refractivity (Wildman–Crippen MR) is 92.5 cm³/mol. The van der Waals surface area contributed by atoms with E-state index in [4.69, 9.17) is 39.9 Å². The number of carbonyl (C=O) groups is 1. The van der Waals surface area contributed by atoms with Crippen LogP contribution in [0.4, 0.5) is 5.69 Å². The summed E-state index contributed by atoms with van der Waals surface area (Å²) in [5, 5.41) is 9.77. The molecular formula is C13H15Cl3N2O4S. The SMILES string of the molecule is O=C(O)CN1CC2(CC2)CN(c2c(Cl)cc(Cl)cc2Cl)S1(O)O. The number of hydrogen-bond acceptors (Lipinski definition) is 5. The monoisotopic (exact) mass is 400 g/mol. The Morgan fingerprint density at radius 2 is 1.74 bits per heavy atom. The van der Waals surface area contributed by atoms with E-state index in [0.717, 1.165) is 12.8 Å². The topological polar surface area (TPSA) is 84.2 Å². The molecule has 3 rings (SSSR count). The summed E-state index contributed by atoms with van der Waals surface area (Å²) >= 11 is 18.3. The lowest BCUT2D eigenvalue weighted by atomic mass is 10.1. The van der Waals surface area contributed by atoms with Crippen molar-refractivity contribution in [3.05, 3.63) is 27.2 Å². The van der Waals surface area contributed by atoms with Gasteiger partial charge in [-0.3, -0.25) is 18.2 Å². The first kappa shape index (κ1) is 17.4. The highest BCUT2D eigenvalue weighted by Crippen LogP contribution is 2.63. The van der Waals surface area contributed by atoms with Crippen molar-refractivity contribution < 1.29 is 19.0 Å². The highest BCUT2D eigenvalue weighted by atomic mass is 35.5. The quantitative estimate of drug-likeness (QED) is 0.703. The predicted octanol–water partition coefficient (Wildman–Crippen LogP) is 4.21. The maximum Gasteiger partial charge on any atom is 0.319 e. The number of carboxylic acids is 1. The Labute approximate surface area is 150 Å². The highest BCUT2D eigenvalue weighted by molar-refractivity contribution is 8.23. The van der Waals surface area contributed by atoms with Gasteiger partial charge in [0, 0.05) is 23.5 Å². The number of anilines is 1. The second kappa shape index (κ2) is 5.84. The van der Waals surface area contributed by atoms with Gasteiger partial charge >= 0.3 is 5.97 Å². The van der Waals surface area contributed by atoms with E-state index in [1.807, 2.05) is 0 Å². The van der Waals surface area contributed by atoms with Crippen molar-refractivity contribution in [3.8, 4) is 0 Å². The Morgan fingerprint density at radius 1 is 1.17 bits per heavy atom. The van der Waals surface area contributed by atoms with Crippen LogP contribution in [0.25, 0.3) is 0 Å². The van der Waals surface area contributed by atoms with Gasteiger partial charge in [0.25, 0.3) is 0 Å². The van der Waals surface area contributed by atoms with Gasteiger partial charge in [0.1, 0.15) is 6.54 Å². The standard InChI is InChI=1S/C13H15Cl3N2O4S/c14-8-3-9(15)12(10(16)4-8)18-7-13(1-2-13)6-17(5-11(19)20)23(18,21)22/h3-4,21-22H,1-2,5-7H2,(H,19,20). The lowest BCUT2D eigenvalue weighted by molar-refractivity contribution is -0.137. The molecule has 1 heterocycles. The molecule has 1 saturated carbocycles. The summed E-state index contributed by atoms with van der Waals surface area (Å²) in [5.74, 6) is -1.13. The van der Waals surface area contributed by atoms with Crippen LogP contribution in [0.5, 0.6) is 0 Å². The fraction of sp³-hybridized carbons (Fsp3) is 0.462. The molecule has 128 valence electrons. The minimum absolute atomic E-state index is 0.163. The fourth-order valence-corrected chi connectivity index (χ4v) is 5.82. The Kier molecular flexibility index (Phi) is 4.42. The van der Waals surface area contributed by atoms with Crippen molar-refractivity contribution in [2.45, 2.75) is 12.8 Å². The molecular weight excluding hydrogens is 387 g/mol. The van der Waals surface area contributed by atoms with Crippen molar-refractivity contribution in [1.82, 2.24) is 4.31 Å². The molecule has 0 aromatic heterocycles. The largest absolute Gasteiger partial charge is 0.480 e. The number of benzene rings is 1. The van der Waals surface area contributed by atoms with E-state index in [0.29, 0.717) is 18.1 Å². The van der Waals surface area contributed by atoms with Crippen LogP contribution in [-0.2, 0) is 4.79 Å². The van der Waals surface area contributed by atoms with Gasteiger partial charge in [0.15, 0.2) is 0 Å². The number of nitrogens with zero attached hydrogens (tertiary/aromatic N) is 2. The number of halogens is 3. The van der Waals surface area contributed by atoms with Crippen LogP contribution >= 0.6 is 45.8 Å². The first-order valence-corrected chi connectivity index (χ1v) is 9.41. The van der Waals surface area contributed by atoms with Crippen molar-refractivity contribution in [2.75, 3.05) is 23.9 Å². The minimum Gasteiger partial charge on any atom is -0.480 e. The van der Waals surface area contributed by atoms with Gasteiger partial charge in [-0.2, -0.15) is 4.31 Å². The van der Waals surface area contributed by atoms with Crippen LogP contribution in [0.1, 0.15) is 12.8 Å². The zero-order chi connectivity index (χ0) is 17.0. The average molecular weight is 402 g/mol. The van der Waals surface area contributed by atoms with Crippen molar-refractivity contribution in [2.24, 2.45) is 5.41 Å². The summed E-state index contributed by atoms with van der Waals surface area (Å²) in [4.78, 5) is 11.1. The third kappa shape index (κ3) is 3.24. The van der Waals surface area contributed by atoms with Gasteiger partial charge in [-0.1, -0.05) is 34.8 Å². The van der Waals surface area contributed by atoms with E-state index in [1.165, 1.54) is 20.7 Å². The molecule has 1 spiro atoms. The molecule has 23 heavy (non-hydrogen) atoms. The fourth-order valence-electron chi connectivity index (χ4n) is 2.80. The van der Waals surface area contributed by atoms with Crippen molar-refractivity contribution in [1.29, 1.82) is 0 Å². The molecule has 10 heteroatoms. The summed E-state index contributed by atoms with van der Waals surface area (Å²) in [6, 6.07) is 2.94. The lowest BCUT2D eigenvalue weighted by Gasteiger charge is -2.55. The van der Waals surface area contributed by atoms with Crippen LogP contribution in [0, 0.1) is 5.41 Å². The van der Waals surface area contributed by atoms with E-state index in [1.54, 1.807) is 0 Å². The van der Waals surface area contributed by atoms with Gasteiger partial charge in [-0.15, -0.1) is 0 Å². The smallest absolute Gasteiger partial charge is 0.319 e. The van der Waals surface area contributed by atoms with E-state index in [2.05, 4.69) is 0 Å². The summed E-state index contributed by atoms with van der Waals surface area (Å²) < 4.78 is 23.8. The zero-order valence-corrected chi connectivity index (χ0v) is 15.0. The molecule has 2 aliphatic rings. The number of hydrogen-bond donors (Lipinski definition) is 3. The Bertz CT molecular complexity index is 646. The second-order valence-electron chi connectivity index (χ2n) is 5.94. The van der Waals surface area contributed by atoms with Gasteiger partial charge in [-0.25, -0.2) is 0 Å². The lowest BCUT2D eigenvalue weighted by Crippen LogP contribution is -2.53. The number of rotatable bonds is 3. The van der Waals surface area contributed by atoms with E-state index in [9.17, 15) is 13.9 Å². The molecule has 2 fully saturated rings. The Hall–Kier alpha value is -0.410. The van der Waals surface area contributed by atoms with E-state index in [-0.39, 0.29) is 21.1 Å². The molecule has 6 nitrogen and oxygen atoms in total. The van der Waals surface area contributed by atoms with Crippen LogP contribution < -0.4 is 4.31 Å². The van der Waals surface area contributed by atoms with Gasteiger partial charge in [-0.05, 0) is 35.9 Å². The Morgan fingerprint density at radius 3 is 2.22 bits per heavy atom. The van der Waals surface area contributed by atoms with Crippen molar-refractivity contribution in [3.63, 3.8) is 0 Å². The molecule has 1 aromatic rings. The highest BCUT2D eigenvalue weighted by Gasteiger charge is 2.54. The first-order valence-electron chi connectivity index (χ1n) is 6.82. The zero-order valence-electron chi connectivity index (χ0n) is 11.9. The van der Waals surface area contributed by atoms with Crippen LogP contribution in [0.3, 0.4) is 0 Å². The molecule has 1 aliphatic heterocycles. The minimum atomic E-state index is -3.53. The first-order chi connectivity index (χ1) is 10.6. The van der Waals surface area contributed by atoms with Crippen LogP contribution in [0.2, 0.25) is 15.1 Å². The third-order valence-corrected chi connectivity index (χ3v) is 6.78. The molecule has 1 aliphatic carbocycles. The molecule has 0 bridgehead atoms. The molecule has 3 N–H and O–H groups in total. The maximum atomic E-state index is 11.1. The van der Waals surface area contributed by atoms with E-state index >= 15 is 0 Å². The molecule has 1 saturated heterocycles. The second-order valence-corrected chi connectivity index (χ2v) is 9.12. The molecule has 0 radical (unpaired) electrons. The molecule has 0 unspecified atom stereocenters. The van der Waals surface area contributed by atoms with Gasteiger partial charge < -0.3 is 5.11 Å². The summed E-state index contributed by atoms with van der Waals surface area (Å²) in [5.41, 5.74) is 0.100. The summed E-state index contributed by atoms with van der Waals surface area (Å²) in [6.07, 6.45) is 1.77. The van der Waals surface area contributed by atoms with Gasteiger partial charge in [0.2, 0.25) is 0 Å². The van der Waals surface area contributed by atoms with Gasteiger partial charge in [0.05, 0.1) is 15.7 Å². The summed E-state index contributed by atoms with van der Waals surface area (Å²) in [7, 11) is -3.53. The van der Waals surface area contributed by atoms with Crippen LogP contribution in [0.15, 0.2) is 12.1 Å². The normalized spacial score (nSPS) is 23.8. The maximum absolute atomic E-state index is 11.1. The van der Waals surface area contributed by atoms with Crippen molar-refractivity contribution >= 4 is 57.4 Å². The Balaban J connectivity index is 2.04. The summed E-state index contributed by atoms with van der Waals surface area (Å²) in [6.45, 7) is 0.205. The molecule has 1 aromatic carbocycles. The van der Waals surface area contributed by atoms with E-state index < -0.39 is 23.5 Å². The molecule has 0 amide bonds. The molecule has 0 atom stereocenters. The number of carboxylic acid groups (broad SMARTS) is 1. The third-order valence-electron chi connectivity index (χ3n) is 4.13. The number of aliphatic carboxylic acids is 1. The van der Waals surface area contributed by atoms with Crippen LogP contribution in [-0.4, -0.2) is 44.1 Å².